The van der Waals surface area contributed by atoms with E-state index in [0.717, 1.165) is 0 Å². The molecule has 4 heteroatoms. The van der Waals surface area contributed by atoms with Crippen molar-refractivity contribution in [1.29, 1.82) is 0 Å². The second-order valence-corrected chi connectivity index (χ2v) is 4.94. The van der Waals surface area contributed by atoms with Crippen molar-refractivity contribution in [2.24, 2.45) is 5.41 Å². The second kappa shape index (κ2) is 3.21. The number of hydrogen-bond donors (Lipinski definition) is 0. The van der Waals surface area contributed by atoms with Crippen LogP contribution in [0.2, 0.25) is 0 Å². The molecule has 0 aromatic carbocycles. The molecule has 2 aliphatic heterocycles. The molecule has 0 spiro atoms. The van der Waals surface area contributed by atoms with E-state index in [0.29, 0.717) is 13.0 Å². The Bertz CT molecular complexity index is 243. The average molecular weight is 200 g/mol. The Labute approximate surface area is 83.5 Å². The maximum Gasteiger partial charge on any atom is 0.309 e. The van der Waals surface area contributed by atoms with E-state index in [1.165, 1.54) is 0 Å². The lowest BCUT2D eigenvalue weighted by atomic mass is 9.95. The molecule has 0 aromatic heterocycles. The zero-order valence-corrected chi connectivity index (χ0v) is 8.78. The van der Waals surface area contributed by atoms with Crippen molar-refractivity contribution in [2.45, 2.75) is 45.7 Å². The fourth-order valence-electron chi connectivity index (χ4n) is 1.70. The van der Waals surface area contributed by atoms with Gasteiger partial charge in [-0.1, -0.05) is 20.8 Å². The average Bonchev–Trinajstić information content (AvgIpc) is 2.41. The summed E-state index contributed by atoms with van der Waals surface area (Å²) in [6.07, 6.45) is -0.180. The van der Waals surface area contributed by atoms with Crippen LogP contribution >= 0.6 is 0 Å². The van der Waals surface area contributed by atoms with Gasteiger partial charge in [0.05, 0.1) is 13.0 Å². The molecule has 0 unspecified atom stereocenters. The molecule has 4 nitrogen and oxygen atoms in total. The van der Waals surface area contributed by atoms with E-state index in [-0.39, 0.29) is 29.9 Å². The number of ether oxygens (including phenoxy) is 3. The van der Waals surface area contributed by atoms with Gasteiger partial charge in [0, 0.05) is 5.41 Å². The molecule has 2 saturated heterocycles. The molecule has 80 valence electrons. The zero-order valence-electron chi connectivity index (χ0n) is 8.78. The quantitative estimate of drug-likeness (QED) is 0.549. The summed E-state index contributed by atoms with van der Waals surface area (Å²) in [5.41, 5.74) is -0.0589. The number of esters is 1. The first-order valence-corrected chi connectivity index (χ1v) is 4.93. The highest BCUT2D eigenvalue weighted by Gasteiger charge is 2.44. The summed E-state index contributed by atoms with van der Waals surface area (Å²) in [6.45, 7) is 6.61. The van der Waals surface area contributed by atoms with Gasteiger partial charge in [0.25, 0.3) is 0 Å². The van der Waals surface area contributed by atoms with Gasteiger partial charge in [-0.15, -0.1) is 0 Å². The van der Waals surface area contributed by atoms with E-state index >= 15 is 0 Å². The molecule has 2 aliphatic rings. The van der Waals surface area contributed by atoms with Gasteiger partial charge in [-0.25, -0.2) is 0 Å². The minimum absolute atomic E-state index is 0.0589. The number of fused-ring (bicyclic) bond motifs is 1. The standard InChI is InChI=1S/C10H16O4/c1-10(2,3)9-12-5-7-6(14-9)4-8(11)13-7/h6-7,9H,4-5H2,1-3H3/t6-,7+,9+/m0/s1. The molecule has 14 heavy (non-hydrogen) atoms. The summed E-state index contributed by atoms with van der Waals surface area (Å²) in [6, 6.07) is 0. The van der Waals surface area contributed by atoms with Crippen molar-refractivity contribution in [2.75, 3.05) is 6.61 Å². The molecule has 2 heterocycles. The first-order valence-electron chi connectivity index (χ1n) is 4.93. The van der Waals surface area contributed by atoms with Crippen molar-refractivity contribution in [1.82, 2.24) is 0 Å². The molecule has 3 atom stereocenters. The lowest BCUT2D eigenvalue weighted by Gasteiger charge is -2.37. The van der Waals surface area contributed by atoms with Crippen LogP contribution in [0.15, 0.2) is 0 Å². The van der Waals surface area contributed by atoms with Crippen molar-refractivity contribution >= 4 is 5.97 Å². The molecule has 0 saturated carbocycles. The minimum Gasteiger partial charge on any atom is -0.457 e. The maximum atomic E-state index is 11.0. The van der Waals surface area contributed by atoms with Gasteiger partial charge >= 0.3 is 5.97 Å². The highest BCUT2D eigenvalue weighted by atomic mass is 16.7. The summed E-state index contributed by atoms with van der Waals surface area (Å²) in [5, 5.41) is 0. The van der Waals surface area contributed by atoms with Gasteiger partial charge in [0.15, 0.2) is 12.4 Å². The smallest absolute Gasteiger partial charge is 0.309 e. The van der Waals surface area contributed by atoms with E-state index in [1.54, 1.807) is 0 Å². The topological polar surface area (TPSA) is 44.8 Å². The van der Waals surface area contributed by atoms with E-state index in [9.17, 15) is 4.79 Å². The molecule has 2 rings (SSSR count). The van der Waals surface area contributed by atoms with Crippen LogP contribution in [0.3, 0.4) is 0 Å². The third kappa shape index (κ3) is 1.77. The third-order valence-corrected chi connectivity index (χ3v) is 2.48. The van der Waals surface area contributed by atoms with Crippen LogP contribution in [0.4, 0.5) is 0 Å². The zero-order chi connectivity index (χ0) is 10.3. The highest BCUT2D eigenvalue weighted by molar-refractivity contribution is 5.72. The normalized spacial score (nSPS) is 37.9. The lowest BCUT2D eigenvalue weighted by Crippen LogP contribution is -2.46. The lowest BCUT2D eigenvalue weighted by molar-refractivity contribution is -0.272. The predicted molar refractivity (Wildman–Crippen MR) is 48.6 cm³/mol. The Kier molecular flexibility index (Phi) is 2.27. The van der Waals surface area contributed by atoms with Crippen LogP contribution < -0.4 is 0 Å². The summed E-state index contributed by atoms with van der Waals surface area (Å²) in [4.78, 5) is 11.0. The Hall–Kier alpha value is -0.610. The molecule has 0 N–H and O–H groups in total. The second-order valence-electron chi connectivity index (χ2n) is 4.94. The Morgan fingerprint density at radius 1 is 1.29 bits per heavy atom. The molecule has 0 bridgehead atoms. The number of rotatable bonds is 0. The Morgan fingerprint density at radius 2 is 2.00 bits per heavy atom. The fourth-order valence-corrected chi connectivity index (χ4v) is 1.70. The van der Waals surface area contributed by atoms with Crippen LogP contribution in [0, 0.1) is 5.41 Å². The number of hydrogen-bond acceptors (Lipinski definition) is 4. The third-order valence-electron chi connectivity index (χ3n) is 2.48. The van der Waals surface area contributed by atoms with E-state index < -0.39 is 0 Å². The predicted octanol–water partition coefficient (Wildman–Crippen LogP) is 1.09. The van der Waals surface area contributed by atoms with Gasteiger partial charge in [0.2, 0.25) is 0 Å². The minimum atomic E-state index is -0.238. The molecule has 0 amide bonds. The van der Waals surface area contributed by atoms with Crippen molar-refractivity contribution in [3.05, 3.63) is 0 Å². The van der Waals surface area contributed by atoms with Crippen molar-refractivity contribution in [3.8, 4) is 0 Å². The molecule has 0 aromatic rings. The maximum absolute atomic E-state index is 11.0. The molecular weight excluding hydrogens is 184 g/mol. The van der Waals surface area contributed by atoms with Gasteiger partial charge < -0.3 is 14.2 Å². The monoisotopic (exact) mass is 200 g/mol. The van der Waals surface area contributed by atoms with E-state index in [1.807, 2.05) is 0 Å². The molecule has 0 radical (unpaired) electrons. The number of carbonyl (C=O) groups is 1. The van der Waals surface area contributed by atoms with Crippen LogP contribution in [-0.2, 0) is 19.0 Å². The van der Waals surface area contributed by atoms with Gasteiger partial charge in [-0.2, -0.15) is 0 Å². The van der Waals surface area contributed by atoms with Crippen molar-refractivity contribution in [3.63, 3.8) is 0 Å². The SMILES string of the molecule is CC(C)(C)[C@@H]1OC[C@H]2OC(=O)C[C@@H]2O1. The van der Waals surface area contributed by atoms with Gasteiger partial charge in [0.1, 0.15) is 6.10 Å². The van der Waals surface area contributed by atoms with Gasteiger partial charge in [-0.3, -0.25) is 4.79 Å². The Balaban J connectivity index is 2.01. The first-order chi connectivity index (χ1) is 6.47. The van der Waals surface area contributed by atoms with Crippen LogP contribution in [0.1, 0.15) is 27.2 Å². The molecule has 0 aliphatic carbocycles. The summed E-state index contributed by atoms with van der Waals surface area (Å²) >= 11 is 0. The first kappa shape index (κ1) is 9.93. The summed E-state index contributed by atoms with van der Waals surface area (Å²) < 4.78 is 16.2. The molecular formula is C10H16O4. The van der Waals surface area contributed by atoms with Gasteiger partial charge in [-0.05, 0) is 0 Å². The van der Waals surface area contributed by atoms with Crippen molar-refractivity contribution < 1.29 is 19.0 Å². The number of carbonyl (C=O) groups excluding carboxylic acids is 1. The summed E-state index contributed by atoms with van der Waals surface area (Å²) in [7, 11) is 0. The van der Waals surface area contributed by atoms with Crippen LogP contribution in [0.5, 0.6) is 0 Å². The highest BCUT2D eigenvalue weighted by Crippen LogP contribution is 2.32. The fraction of sp³-hybridized carbons (Fsp3) is 0.900. The molecule has 2 fully saturated rings. The van der Waals surface area contributed by atoms with Crippen LogP contribution in [0.25, 0.3) is 0 Å². The summed E-state index contributed by atoms with van der Waals surface area (Å²) in [5.74, 6) is -0.182. The Morgan fingerprint density at radius 3 is 2.64 bits per heavy atom. The largest absolute Gasteiger partial charge is 0.457 e. The van der Waals surface area contributed by atoms with Crippen LogP contribution in [-0.4, -0.2) is 31.1 Å². The van der Waals surface area contributed by atoms with E-state index in [2.05, 4.69) is 20.8 Å². The van der Waals surface area contributed by atoms with E-state index in [4.69, 9.17) is 14.2 Å².